The number of hydrogen-bond donors (Lipinski definition) is 1. The minimum Gasteiger partial charge on any atom is -0.370 e. The molecule has 0 saturated carbocycles. The predicted octanol–water partition coefficient (Wildman–Crippen LogP) is 4.35. The molecule has 1 N–H and O–H groups in total. The number of aromatic nitrogens is 2. The van der Waals surface area contributed by atoms with Crippen LogP contribution in [0, 0.1) is 13.8 Å². The Balaban J connectivity index is 2.26. The molecule has 0 radical (unpaired) electrons. The summed E-state index contributed by atoms with van der Waals surface area (Å²) in [4.78, 5) is 9.48. The van der Waals surface area contributed by atoms with Crippen molar-refractivity contribution in [3.8, 4) is 11.4 Å². The van der Waals surface area contributed by atoms with Gasteiger partial charge in [-0.2, -0.15) is 0 Å². The Kier molecular flexibility index (Phi) is 3.57. The number of nitrogens with one attached hydrogen (secondary N) is 1. The summed E-state index contributed by atoms with van der Waals surface area (Å²) in [6.07, 6.45) is 0. The summed E-state index contributed by atoms with van der Waals surface area (Å²) >= 11 is 0. The number of aryl methyl sites for hydroxylation is 1. The molecule has 3 aromatic rings. The van der Waals surface area contributed by atoms with E-state index in [4.69, 9.17) is 9.97 Å². The van der Waals surface area contributed by atoms with Gasteiger partial charge in [0.25, 0.3) is 0 Å². The maximum absolute atomic E-state index is 4.74. The fourth-order valence-corrected chi connectivity index (χ4v) is 2.49. The molecule has 3 heteroatoms. The van der Waals surface area contributed by atoms with E-state index >= 15 is 0 Å². The van der Waals surface area contributed by atoms with Crippen molar-refractivity contribution in [3.05, 3.63) is 53.6 Å². The number of fused-ring (bicyclic) bond motifs is 1. The first-order valence-corrected chi connectivity index (χ1v) is 7.28. The highest BCUT2D eigenvalue weighted by Gasteiger charge is 2.11. The summed E-state index contributed by atoms with van der Waals surface area (Å²) in [5, 5.41) is 4.41. The Morgan fingerprint density at radius 1 is 0.952 bits per heavy atom. The van der Waals surface area contributed by atoms with Crippen LogP contribution in [0.2, 0.25) is 0 Å². The Hall–Kier alpha value is -2.42. The lowest BCUT2D eigenvalue weighted by molar-refractivity contribution is 1.14. The van der Waals surface area contributed by atoms with Crippen molar-refractivity contribution in [1.82, 2.24) is 9.97 Å². The molecule has 106 valence electrons. The summed E-state index contributed by atoms with van der Waals surface area (Å²) in [5.41, 5.74) is 4.56. The van der Waals surface area contributed by atoms with E-state index in [1.807, 2.05) is 18.2 Å². The van der Waals surface area contributed by atoms with Gasteiger partial charge < -0.3 is 5.32 Å². The van der Waals surface area contributed by atoms with Crippen LogP contribution in [0.25, 0.3) is 22.3 Å². The number of nitrogens with zero attached hydrogens (tertiary/aromatic N) is 2. The SMILES string of the molecule is CCNc1nc(-c2cccc(C)c2C)nc2ccccc12. The molecule has 0 bridgehead atoms. The molecule has 0 amide bonds. The van der Waals surface area contributed by atoms with Crippen molar-refractivity contribution >= 4 is 16.7 Å². The number of para-hydroxylation sites is 1. The maximum atomic E-state index is 4.74. The van der Waals surface area contributed by atoms with Crippen molar-refractivity contribution in [3.63, 3.8) is 0 Å². The minimum absolute atomic E-state index is 0.783. The summed E-state index contributed by atoms with van der Waals surface area (Å²) in [6, 6.07) is 14.4. The summed E-state index contributed by atoms with van der Waals surface area (Å²) in [6.45, 7) is 7.16. The highest BCUT2D eigenvalue weighted by molar-refractivity contribution is 5.90. The molecule has 0 saturated heterocycles. The predicted molar refractivity (Wildman–Crippen MR) is 88.6 cm³/mol. The van der Waals surface area contributed by atoms with Gasteiger partial charge in [-0.3, -0.25) is 0 Å². The lowest BCUT2D eigenvalue weighted by atomic mass is 10.0. The third kappa shape index (κ3) is 2.47. The first-order chi connectivity index (χ1) is 10.2. The quantitative estimate of drug-likeness (QED) is 0.773. The van der Waals surface area contributed by atoms with Crippen LogP contribution in [-0.2, 0) is 0 Å². The van der Waals surface area contributed by atoms with Gasteiger partial charge in [-0.05, 0) is 44.0 Å². The topological polar surface area (TPSA) is 37.8 Å². The monoisotopic (exact) mass is 277 g/mol. The first-order valence-electron chi connectivity index (χ1n) is 7.28. The molecule has 2 aromatic carbocycles. The van der Waals surface area contributed by atoms with Gasteiger partial charge in [0.1, 0.15) is 5.82 Å². The fraction of sp³-hybridized carbons (Fsp3) is 0.222. The van der Waals surface area contributed by atoms with E-state index in [-0.39, 0.29) is 0 Å². The zero-order valence-electron chi connectivity index (χ0n) is 12.6. The summed E-state index contributed by atoms with van der Waals surface area (Å²) in [7, 11) is 0. The van der Waals surface area contributed by atoms with Crippen molar-refractivity contribution in [2.45, 2.75) is 20.8 Å². The molecule has 3 rings (SSSR count). The Bertz CT molecular complexity index is 794. The van der Waals surface area contributed by atoms with Gasteiger partial charge in [-0.15, -0.1) is 0 Å². The van der Waals surface area contributed by atoms with Crippen LogP contribution in [0.4, 0.5) is 5.82 Å². The van der Waals surface area contributed by atoms with E-state index in [9.17, 15) is 0 Å². The molecule has 0 fully saturated rings. The fourth-order valence-electron chi connectivity index (χ4n) is 2.49. The largest absolute Gasteiger partial charge is 0.370 e. The third-order valence-electron chi connectivity index (χ3n) is 3.79. The normalized spacial score (nSPS) is 10.8. The zero-order valence-corrected chi connectivity index (χ0v) is 12.6. The second kappa shape index (κ2) is 5.52. The Morgan fingerprint density at radius 2 is 1.76 bits per heavy atom. The molecule has 0 unspecified atom stereocenters. The standard InChI is InChI=1S/C18H19N3/c1-4-19-17-15-9-5-6-11-16(15)20-18(21-17)14-10-7-8-12(2)13(14)3/h5-11H,4H2,1-3H3,(H,19,20,21). The van der Waals surface area contributed by atoms with Gasteiger partial charge in [0, 0.05) is 17.5 Å². The van der Waals surface area contributed by atoms with Crippen LogP contribution >= 0.6 is 0 Å². The van der Waals surface area contributed by atoms with Crippen molar-refractivity contribution in [2.75, 3.05) is 11.9 Å². The highest BCUT2D eigenvalue weighted by Crippen LogP contribution is 2.27. The summed E-state index contributed by atoms with van der Waals surface area (Å²) in [5.74, 6) is 1.69. The first kappa shape index (κ1) is 13.6. The van der Waals surface area contributed by atoms with Gasteiger partial charge in [0.05, 0.1) is 5.52 Å². The Morgan fingerprint density at radius 3 is 2.57 bits per heavy atom. The molecular weight excluding hydrogens is 258 g/mol. The second-order valence-corrected chi connectivity index (χ2v) is 5.19. The molecule has 3 nitrogen and oxygen atoms in total. The highest BCUT2D eigenvalue weighted by atomic mass is 15.0. The third-order valence-corrected chi connectivity index (χ3v) is 3.79. The van der Waals surface area contributed by atoms with E-state index < -0.39 is 0 Å². The van der Waals surface area contributed by atoms with Crippen LogP contribution in [0.1, 0.15) is 18.1 Å². The van der Waals surface area contributed by atoms with E-state index in [0.29, 0.717) is 0 Å². The molecule has 0 spiro atoms. The van der Waals surface area contributed by atoms with Crippen LogP contribution in [0.5, 0.6) is 0 Å². The Labute approximate surface area is 125 Å². The number of hydrogen-bond acceptors (Lipinski definition) is 3. The van der Waals surface area contributed by atoms with Crippen molar-refractivity contribution in [1.29, 1.82) is 0 Å². The van der Waals surface area contributed by atoms with E-state index in [1.165, 1.54) is 11.1 Å². The maximum Gasteiger partial charge on any atom is 0.162 e. The van der Waals surface area contributed by atoms with Gasteiger partial charge in [0.2, 0.25) is 0 Å². The van der Waals surface area contributed by atoms with Crippen LogP contribution in [0.15, 0.2) is 42.5 Å². The molecule has 1 heterocycles. The molecule has 0 aliphatic heterocycles. The summed E-state index contributed by atoms with van der Waals surface area (Å²) < 4.78 is 0. The molecule has 1 aromatic heterocycles. The number of rotatable bonds is 3. The van der Waals surface area contributed by atoms with Gasteiger partial charge in [-0.25, -0.2) is 9.97 Å². The van der Waals surface area contributed by atoms with Gasteiger partial charge in [0.15, 0.2) is 5.82 Å². The number of anilines is 1. The van der Waals surface area contributed by atoms with E-state index in [1.54, 1.807) is 0 Å². The van der Waals surface area contributed by atoms with Crippen molar-refractivity contribution < 1.29 is 0 Å². The molecular formula is C18H19N3. The van der Waals surface area contributed by atoms with Crippen molar-refractivity contribution in [2.24, 2.45) is 0 Å². The van der Waals surface area contributed by atoms with Crippen LogP contribution in [-0.4, -0.2) is 16.5 Å². The average molecular weight is 277 g/mol. The van der Waals surface area contributed by atoms with Gasteiger partial charge >= 0.3 is 0 Å². The van der Waals surface area contributed by atoms with Crippen LogP contribution in [0.3, 0.4) is 0 Å². The zero-order chi connectivity index (χ0) is 14.8. The molecule has 0 aliphatic rings. The lowest BCUT2D eigenvalue weighted by Gasteiger charge is -2.12. The second-order valence-electron chi connectivity index (χ2n) is 5.19. The van der Waals surface area contributed by atoms with E-state index in [0.717, 1.165) is 34.7 Å². The molecule has 21 heavy (non-hydrogen) atoms. The van der Waals surface area contributed by atoms with Gasteiger partial charge in [-0.1, -0.05) is 30.3 Å². The minimum atomic E-state index is 0.783. The smallest absolute Gasteiger partial charge is 0.162 e. The molecule has 0 atom stereocenters. The lowest BCUT2D eigenvalue weighted by Crippen LogP contribution is -2.03. The van der Waals surface area contributed by atoms with E-state index in [2.05, 4.69) is 50.4 Å². The molecule has 0 aliphatic carbocycles. The number of benzene rings is 2. The van der Waals surface area contributed by atoms with Crippen LogP contribution < -0.4 is 5.32 Å². The average Bonchev–Trinajstić information content (AvgIpc) is 2.50.